The Kier molecular flexibility index (Phi) is 10.4. The van der Waals surface area contributed by atoms with E-state index in [9.17, 15) is 4.79 Å². The molecule has 0 bridgehead atoms. The molecule has 1 aliphatic rings. The number of piperidine rings is 1. The number of nitrogens with one attached hydrogen (secondary N) is 2. The second-order valence-electron chi connectivity index (χ2n) is 6.89. The Hall–Kier alpha value is -1.63. The number of hydrogen-bond acceptors (Lipinski definition) is 4. The first-order valence-corrected chi connectivity index (χ1v) is 9.13. The monoisotopic (exact) mass is 413 g/mol. The van der Waals surface area contributed by atoms with Gasteiger partial charge in [-0.05, 0) is 61.9 Å². The molecule has 2 N–H and O–H groups in total. The van der Waals surface area contributed by atoms with Crippen molar-refractivity contribution < 1.29 is 4.79 Å². The number of nitrogens with zero attached hydrogens (tertiary/aromatic N) is 3. The van der Waals surface area contributed by atoms with Gasteiger partial charge in [0.1, 0.15) is 0 Å². The molecule has 6 nitrogen and oxygen atoms in total. The van der Waals surface area contributed by atoms with Crippen LogP contribution in [0.2, 0.25) is 0 Å². The normalized spacial score (nSPS) is 15.3. The highest BCUT2D eigenvalue weighted by Crippen LogP contribution is 2.24. The van der Waals surface area contributed by atoms with Crippen molar-refractivity contribution in [3.8, 4) is 0 Å². The highest BCUT2D eigenvalue weighted by molar-refractivity contribution is 5.89. The lowest BCUT2D eigenvalue weighted by Gasteiger charge is -2.27. The number of hydrogen-bond donors (Lipinski definition) is 2. The van der Waals surface area contributed by atoms with Gasteiger partial charge in [0.05, 0.1) is 0 Å². The zero-order valence-electron chi connectivity index (χ0n) is 15.6. The minimum atomic E-state index is 0. The van der Waals surface area contributed by atoms with Gasteiger partial charge in [-0.2, -0.15) is 5.10 Å². The van der Waals surface area contributed by atoms with E-state index in [0.717, 1.165) is 38.9 Å². The van der Waals surface area contributed by atoms with E-state index in [1.54, 1.807) is 12.4 Å². The number of rotatable bonds is 7. The summed E-state index contributed by atoms with van der Waals surface area (Å²) >= 11 is 0. The Bertz CT molecular complexity index is 674. The molecule has 0 saturated carbocycles. The van der Waals surface area contributed by atoms with E-state index in [4.69, 9.17) is 0 Å². The van der Waals surface area contributed by atoms with Crippen LogP contribution >= 0.6 is 24.8 Å². The Morgan fingerprint density at radius 3 is 2.67 bits per heavy atom. The highest BCUT2D eigenvalue weighted by atomic mass is 35.5. The molecular weight excluding hydrogens is 385 g/mol. The Morgan fingerprint density at radius 2 is 1.96 bits per heavy atom. The average Bonchev–Trinajstić information content (AvgIpc) is 3.08. The molecule has 8 heteroatoms. The van der Waals surface area contributed by atoms with Crippen LogP contribution in [-0.2, 0) is 17.8 Å². The fraction of sp³-hybridized carbons (Fsp3) is 0.526. The predicted octanol–water partition coefficient (Wildman–Crippen LogP) is 3.33. The summed E-state index contributed by atoms with van der Waals surface area (Å²) in [6.07, 6.45) is 9.29. The summed E-state index contributed by atoms with van der Waals surface area (Å²) in [6, 6.07) is 5.88. The van der Waals surface area contributed by atoms with E-state index in [2.05, 4.69) is 27.6 Å². The first-order chi connectivity index (χ1) is 12.2. The van der Waals surface area contributed by atoms with Gasteiger partial charge in [-0.25, -0.2) is 0 Å². The molecule has 27 heavy (non-hydrogen) atoms. The van der Waals surface area contributed by atoms with Gasteiger partial charge in [-0.3, -0.25) is 14.5 Å². The lowest BCUT2D eigenvalue weighted by molar-refractivity contribution is -0.117. The second-order valence-corrected chi connectivity index (χ2v) is 6.89. The number of carbonyl (C=O) groups excluding carboxylic acids is 1. The topological polar surface area (TPSA) is 71.8 Å². The summed E-state index contributed by atoms with van der Waals surface area (Å²) in [4.78, 5) is 16.3. The minimum Gasteiger partial charge on any atom is -0.317 e. The molecular formula is C19H29Cl2N5O. The molecule has 0 radical (unpaired) electrons. The summed E-state index contributed by atoms with van der Waals surface area (Å²) in [6.45, 7) is 5.10. The van der Waals surface area contributed by atoms with Crippen molar-refractivity contribution in [3.05, 3.63) is 42.4 Å². The molecule has 1 unspecified atom stereocenters. The average molecular weight is 414 g/mol. The molecule has 3 rings (SSSR count). The molecule has 1 fully saturated rings. The van der Waals surface area contributed by atoms with Crippen LogP contribution in [-0.4, -0.2) is 33.8 Å². The van der Waals surface area contributed by atoms with Gasteiger partial charge in [-0.1, -0.05) is 6.92 Å². The van der Waals surface area contributed by atoms with E-state index in [0.29, 0.717) is 24.1 Å². The Morgan fingerprint density at radius 1 is 1.26 bits per heavy atom. The summed E-state index contributed by atoms with van der Waals surface area (Å²) < 4.78 is 1.87. The first kappa shape index (κ1) is 23.4. The lowest BCUT2D eigenvalue weighted by atomic mass is 9.84. The van der Waals surface area contributed by atoms with Crippen LogP contribution in [0.4, 0.5) is 5.82 Å². The molecule has 1 saturated heterocycles. The summed E-state index contributed by atoms with van der Waals surface area (Å²) in [5.41, 5.74) is 1.23. The number of anilines is 1. The van der Waals surface area contributed by atoms with E-state index in [1.807, 2.05) is 29.1 Å². The maximum atomic E-state index is 12.3. The number of amides is 1. The molecule has 150 valence electrons. The Labute approximate surface area is 173 Å². The highest BCUT2D eigenvalue weighted by Gasteiger charge is 2.22. The van der Waals surface area contributed by atoms with Gasteiger partial charge in [0.25, 0.3) is 0 Å². The fourth-order valence-corrected chi connectivity index (χ4v) is 3.41. The first-order valence-electron chi connectivity index (χ1n) is 9.13. The molecule has 1 atom stereocenters. The van der Waals surface area contributed by atoms with Crippen LogP contribution in [0, 0.1) is 11.8 Å². The van der Waals surface area contributed by atoms with Crippen molar-refractivity contribution in [2.24, 2.45) is 11.8 Å². The summed E-state index contributed by atoms with van der Waals surface area (Å²) in [5.74, 6) is 1.75. The van der Waals surface area contributed by atoms with Crippen LogP contribution in [0.3, 0.4) is 0 Å². The van der Waals surface area contributed by atoms with E-state index < -0.39 is 0 Å². The number of aromatic nitrogens is 3. The van der Waals surface area contributed by atoms with Crippen LogP contribution in [0.25, 0.3) is 0 Å². The minimum absolute atomic E-state index is 0. The standard InChI is InChI=1S/C19H27N5O.2ClH/c1-15(17-4-10-21-11-5-17)14-19(25)22-18-7-13-24(23-18)12-6-16-2-8-20-9-3-16;;/h2-3,7-9,13,15,17,21H,4-6,10-12,14H2,1H3,(H,22,23,25);2*1H. The van der Waals surface area contributed by atoms with Crippen molar-refractivity contribution in [2.45, 2.75) is 39.2 Å². The molecule has 2 aromatic rings. The predicted molar refractivity (Wildman–Crippen MR) is 113 cm³/mol. The SMILES string of the molecule is CC(CC(=O)Nc1ccn(CCc2ccncc2)n1)C1CCNCC1.Cl.Cl. The summed E-state index contributed by atoms with van der Waals surface area (Å²) in [7, 11) is 0. The van der Waals surface area contributed by atoms with Crippen LogP contribution in [0.5, 0.6) is 0 Å². The third-order valence-corrected chi connectivity index (χ3v) is 4.98. The van der Waals surface area contributed by atoms with Gasteiger partial charge >= 0.3 is 0 Å². The van der Waals surface area contributed by atoms with Crippen LogP contribution < -0.4 is 10.6 Å². The van der Waals surface area contributed by atoms with Gasteiger partial charge in [0, 0.05) is 37.6 Å². The molecule has 1 aliphatic heterocycles. The summed E-state index contributed by atoms with van der Waals surface area (Å²) in [5, 5.41) is 10.8. The van der Waals surface area contributed by atoms with Crippen molar-refractivity contribution >= 4 is 36.5 Å². The maximum Gasteiger partial charge on any atom is 0.225 e. The van der Waals surface area contributed by atoms with E-state index >= 15 is 0 Å². The zero-order chi connectivity index (χ0) is 17.5. The molecule has 3 heterocycles. The van der Waals surface area contributed by atoms with Crippen molar-refractivity contribution in [2.75, 3.05) is 18.4 Å². The fourth-order valence-electron chi connectivity index (χ4n) is 3.41. The number of halogens is 2. The molecule has 1 amide bonds. The van der Waals surface area contributed by atoms with Crippen molar-refractivity contribution in [1.29, 1.82) is 0 Å². The molecule has 0 aliphatic carbocycles. The lowest BCUT2D eigenvalue weighted by Crippen LogP contribution is -2.32. The van der Waals surface area contributed by atoms with Gasteiger partial charge in [0.2, 0.25) is 5.91 Å². The second kappa shape index (κ2) is 12.0. The number of pyridine rings is 1. The quantitative estimate of drug-likeness (QED) is 0.729. The molecule has 0 aromatic carbocycles. The van der Waals surface area contributed by atoms with E-state index in [1.165, 1.54) is 5.56 Å². The smallest absolute Gasteiger partial charge is 0.225 e. The van der Waals surface area contributed by atoms with Crippen LogP contribution in [0.15, 0.2) is 36.8 Å². The number of aryl methyl sites for hydroxylation is 2. The van der Waals surface area contributed by atoms with Crippen LogP contribution in [0.1, 0.15) is 31.7 Å². The van der Waals surface area contributed by atoms with Crippen molar-refractivity contribution in [3.63, 3.8) is 0 Å². The number of carbonyl (C=O) groups is 1. The largest absolute Gasteiger partial charge is 0.317 e. The third-order valence-electron chi connectivity index (χ3n) is 4.98. The Balaban J connectivity index is 0.00000182. The van der Waals surface area contributed by atoms with E-state index in [-0.39, 0.29) is 30.7 Å². The van der Waals surface area contributed by atoms with Gasteiger partial charge in [0.15, 0.2) is 5.82 Å². The zero-order valence-corrected chi connectivity index (χ0v) is 17.3. The van der Waals surface area contributed by atoms with Gasteiger partial charge in [-0.15, -0.1) is 24.8 Å². The third kappa shape index (κ3) is 7.48. The molecule has 0 spiro atoms. The maximum absolute atomic E-state index is 12.3. The van der Waals surface area contributed by atoms with Crippen molar-refractivity contribution in [1.82, 2.24) is 20.1 Å². The van der Waals surface area contributed by atoms with Gasteiger partial charge < -0.3 is 10.6 Å². The molecule has 2 aromatic heterocycles.